The van der Waals surface area contributed by atoms with Crippen LogP contribution in [-0.4, -0.2) is 33.2 Å². The number of halogens is 1. The van der Waals surface area contributed by atoms with E-state index in [1.165, 1.54) is 18.3 Å². The molecule has 2 aromatic carbocycles. The van der Waals surface area contributed by atoms with Crippen LogP contribution in [0.25, 0.3) is 16.9 Å². The summed E-state index contributed by atoms with van der Waals surface area (Å²) in [5, 5.41) is 7.65. The second-order valence-electron chi connectivity index (χ2n) is 6.52. The number of pyridine rings is 1. The topological polar surface area (TPSA) is 86.1 Å². The van der Waals surface area contributed by atoms with Crippen molar-refractivity contribution < 1.29 is 14.3 Å². The van der Waals surface area contributed by atoms with Crippen molar-refractivity contribution in [3.63, 3.8) is 0 Å². The summed E-state index contributed by atoms with van der Waals surface area (Å²) in [6, 6.07) is 23.8. The maximum Gasteiger partial charge on any atom is 0.340 e. The number of anilines is 1. The molecular formula is C23H17ClN4O3. The summed E-state index contributed by atoms with van der Waals surface area (Å²) in [6.07, 6.45) is 1.29. The Morgan fingerprint density at radius 1 is 0.968 bits per heavy atom. The smallest absolute Gasteiger partial charge is 0.340 e. The molecule has 0 spiro atoms. The van der Waals surface area contributed by atoms with Gasteiger partial charge < -0.3 is 10.1 Å². The maximum atomic E-state index is 12.5. The molecule has 0 unspecified atom stereocenters. The number of hydrogen-bond acceptors (Lipinski definition) is 5. The van der Waals surface area contributed by atoms with E-state index in [-0.39, 0.29) is 10.7 Å². The first-order valence-electron chi connectivity index (χ1n) is 9.39. The van der Waals surface area contributed by atoms with Gasteiger partial charge in [-0.1, -0.05) is 60.1 Å². The molecule has 7 nitrogen and oxygen atoms in total. The van der Waals surface area contributed by atoms with Crippen molar-refractivity contribution in [2.75, 3.05) is 11.9 Å². The summed E-state index contributed by atoms with van der Waals surface area (Å²) in [5.41, 5.74) is 2.60. The Kier molecular flexibility index (Phi) is 6.05. The van der Waals surface area contributed by atoms with Gasteiger partial charge in [0.05, 0.1) is 16.9 Å². The highest BCUT2D eigenvalue weighted by Gasteiger charge is 2.16. The van der Waals surface area contributed by atoms with Crippen molar-refractivity contribution >= 4 is 29.3 Å². The van der Waals surface area contributed by atoms with Crippen molar-refractivity contribution in [3.05, 3.63) is 95.8 Å². The Balaban J connectivity index is 1.51. The minimum atomic E-state index is -0.666. The number of hydrogen-bond donors (Lipinski definition) is 1. The molecule has 0 saturated heterocycles. The van der Waals surface area contributed by atoms with Crippen molar-refractivity contribution in [3.8, 4) is 16.9 Å². The summed E-state index contributed by atoms with van der Waals surface area (Å²) >= 11 is 5.71. The van der Waals surface area contributed by atoms with Crippen LogP contribution in [0, 0.1) is 0 Å². The Labute approximate surface area is 183 Å². The summed E-state index contributed by atoms with van der Waals surface area (Å²) in [5.74, 6) is -0.702. The van der Waals surface area contributed by atoms with Gasteiger partial charge in [-0.2, -0.15) is 5.10 Å². The molecule has 1 N–H and O–H groups in total. The van der Waals surface area contributed by atoms with Crippen LogP contribution >= 0.6 is 11.6 Å². The molecule has 1 amide bonds. The predicted molar refractivity (Wildman–Crippen MR) is 117 cm³/mol. The number of nitrogens with zero attached hydrogens (tertiary/aromatic N) is 3. The lowest BCUT2D eigenvalue weighted by molar-refractivity contribution is -0.119. The van der Waals surface area contributed by atoms with Crippen LogP contribution in [0.4, 0.5) is 5.82 Å². The van der Waals surface area contributed by atoms with Crippen LogP contribution in [0.5, 0.6) is 0 Å². The Bertz CT molecular complexity index is 1190. The van der Waals surface area contributed by atoms with E-state index in [0.717, 1.165) is 11.3 Å². The molecule has 0 saturated carbocycles. The first kappa shape index (κ1) is 20.3. The second-order valence-corrected chi connectivity index (χ2v) is 6.91. The third-order valence-corrected chi connectivity index (χ3v) is 4.57. The standard InChI is InChI=1S/C23H17ClN4O3/c24-20-12-11-17(14-25-20)23(30)31-15-22(29)26-21-13-19(16-7-3-1-4-8-16)27-28(21)18-9-5-2-6-10-18/h1-14H,15H2,(H,26,29). The monoisotopic (exact) mass is 432 g/mol. The molecule has 8 heteroatoms. The fraction of sp³-hybridized carbons (Fsp3) is 0.0435. The van der Waals surface area contributed by atoms with E-state index in [0.29, 0.717) is 11.5 Å². The number of nitrogens with one attached hydrogen (secondary N) is 1. The molecule has 0 fully saturated rings. The Hall–Kier alpha value is -3.97. The largest absolute Gasteiger partial charge is 0.452 e. The Morgan fingerprint density at radius 2 is 1.68 bits per heavy atom. The molecule has 2 aromatic heterocycles. The minimum Gasteiger partial charge on any atom is -0.452 e. The first-order valence-corrected chi connectivity index (χ1v) is 9.77. The van der Waals surface area contributed by atoms with Gasteiger partial charge in [0.15, 0.2) is 6.61 Å². The van der Waals surface area contributed by atoms with Gasteiger partial charge in [-0.3, -0.25) is 4.79 Å². The van der Waals surface area contributed by atoms with E-state index in [9.17, 15) is 9.59 Å². The number of rotatable bonds is 6. The Morgan fingerprint density at radius 3 is 2.35 bits per heavy atom. The van der Waals surface area contributed by atoms with Gasteiger partial charge in [-0.05, 0) is 24.3 Å². The molecule has 0 aliphatic heterocycles. The van der Waals surface area contributed by atoms with Crippen molar-refractivity contribution in [2.24, 2.45) is 0 Å². The van der Waals surface area contributed by atoms with Crippen LogP contribution in [0.1, 0.15) is 10.4 Å². The number of para-hydroxylation sites is 1. The number of aromatic nitrogens is 3. The number of benzene rings is 2. The van der Waals surface area contributed by atoms with Crippen LogP contribution in [0.2, 0.25) is 5.15 Å². The molecular weight excluding hydrogens is 416 g/mol. The second kappa shape index (κ2) is 9.23. The fourth-order valence-electron chi connectivity index (χ4n) is 2.88. The highest BCUT2D eigenvalue weighted by Crippen LogP contribution is 2.24. The first-order chi connectivity index (χ1) is 15.1. The lowest BCUT2D eigenvalue weighted by Gasteiger charge is -2.09. The van der Waals surface area contributed by atoms with E-state index in [2.05, 4.69) is 15.4 Å². The van der Waals surface area contributed by atoms with Gasteiger partial charge >= 0.3 is 5.97 Å². The summed E-state index contributed by atoms with van der Waals surface area (Å²) < 4.78 is 6.71. The van der Waals surface area contributed by atoms with Crippen molar-refractivity contribution in [1.82, 2.24) is 14.8 Å². The van der Waals surface area contributed by atoms with E-state index in [1.807, 2.05) is 60.7 Å². The molecule has 4 aromatic rings. The minimum absolute atomic E-state index is 0.206. The van der Waals surface area contributed by atoms with Gasteiger partial charge in [0.1, 0.15) is 11.0 Å². The predicted octanol–water partition coefficient (Wildman–Crippen LogP) is 4.38. The molecule has 31 heavy (non-hydrogen) atoms. The van der Waals surface area contributed by atoms with Crippen LogP contribution in [-0.2, 0) is 9.53 Å². The lowest BCUT2D eigenvalue weighted by atomic mass is 10.2. The summed E-state index contributed by atoms with van der Waals surface area (Å²) in [6.45, 7) is -0.456. The molecule has 0 bridgehead atoms. The SMILES string of the molecule is O=C(COC(=O)c1ccc(Cl)nc1)Nc1cc(-c2ccccc2)nn1-c1ccccc1. The molecule has 154 valence electrons. The van der Waals surface area contributed by atoms with Gasteiger partial charge in [0.2, 0.25) is 0 Å². The normalized spacial score (nSPS) is 10.5. The van der Waals surface area contributed by atoms with Crippen LogP contribution < -0.4 is 5.32 Å². The van der Waals surface area contributed by atoms with Gasteiger partial charge in [-0.25, -0.2) is 14.5 Å². The van der Waals surface area contributed by atoms with E-state index in [1.54, 1.807) is 10.7 Å². The maximum absolute atomic E-state index is 12.5. The quantitative estimate of drug-likeness (QED) is 0.361. The number of carbonyl (C=O) groups excluding carboxylic acids is 2. The third-order valence-electron chi connectivity index (χ3n) is 4.34. The zero-order valence-corrected chi connectivity index (χ0v) is 17.0. The van der Waals surface area contributed by atoms with Crippen molar-refractivity contribution in [2.45, 2.75) is 0 Å². The van der Waals surface area contributed by atoms with E-state index in [4.69, 9.17) is 16.3 Å². The fourth-order valence-corrected chi connectivity index (χ4v) is 2.99. The van der Waals surface area contributed by atoms with E-state index < -0.39 is 18.5 Å². The number of esters is 1. The molecule has 0 atom stereocenters. The third kappa shape index (κ3) is 4.96. The number of ether oxygens (including phenoxy) is 1. The molecule has 2 heterocycles. The number of carbonyl (C=O) groups is 2. The van der Waals surface area contributed by atoms with Crippen molar-refractivity contribution in [1.29, 1.82) is 0 Å². The molecule has 4 rings (SSSR count). The highest BCUT2D eigenvalue weighted by molar-refractivity contribution is 6.29. The van der Waals surface area contributed by atoms with E-state index >= 15 is 0 Å². The summed E-state index contributed by atoms with van der Waals surface area (Å²) in [4.78, 5) is 28.4. The van der Waals surface area contributed by atoms with Crippen LogP contribution in [0.3, 0.4) is 0 Å². The zero-order chi connectivity index (χ0) is 21.6. The molecule has 0 aliphatic rings. The lowest BCUT2D eigenvalue weighted by Crippen LogP contribution is -2.22. The van der Waals surface area contributed by atoms with Gasteiger partial charge in [-0.15, -0.1) is 0 Å². The average molecular weight is 433 g/mol. The highest BCUT2D eigenvalue weighted by atomic mass is 35.5. The van der Waals surface area contributed by atoms with Gasteiger partial charge in [0.25, 0.3) is 5.91 Å². The molecule has 0 radical (unpaired) electrons. The van der Waals surface area contributed by atoms with Gasteiger partial charge in [0, 0.05) is 17.8 Å². The molecule has 0 aliphatic carbocycles. The van der Waals surface area contributed by atoms with Crippen LogP contribution in [0.15, 0.2) is 85.1 Å². The zero-order valence-electron chi connectivity index (χ0n) is 16.2. The average Bonchev–Trinajstić information content (AvgIpc) is 3.23. The number of amides is 1. The summed E-state index contributed by atoms with van der Waals surface area (Å²) in [7, 11) is 0.